The number of carbonyl (C=O) groups excluding carboxylic acids is 1. The Kier molecular flexibility index (Phi) is 5.53. The predicted molar refractivity (Wildman–Crippen MR) is 109 cm³/mol. The number of rotatable bonds is 5. The minimum absolute atomic E-state index is 0.0260. The Hall–Kier alpha value is -2.37. The molecule has 27 heavy (non-hydrogen) atoms. The Morgan fingerprint density at radius 2 is 1.89 bits per heavy atom. The number of amides is 1. The van der Waals surface area contributed by atoms with Crippen molar-refractivity contribution in [2.75, 3.05) is 6.54 Å². The highest BCUT2D eigenvalue weighted by Gasteiger charge is 2.22. The molecule has 0 aliphatic carbocycles. The van der Waals surface area contributed by atoms with E-state index in [0.717, 1.165) is 5.56 Å². The average Bonchev–Trinajstić information content (AvgIpc) is 2.65. The Morgan fingerprint density at radius 1 is 1.15 bits per heavy atom. The van der Waals surface area contributed by atoms with Gasteiger partial charge in [-0.3, -0.25) is 14.3 Å². The second kappa shape index (κ2) is 7.71. The molecule has 1 heterocycles. The van der Waals surface area contributed by atoms with Crippen LogP contribution < -0.4 is 10.7 Å². The number of nitrogens with one attached hydrogen (secondary N) is 1. The molecule has 3 aromatic rings. The van der Waals surface area contributed by atoms with Crippen molar-refractivity contribution in [3.05, 3.63) is 74.5 Å². The van der Waals surface area contributed by atoms with Crippen molar-refractivity contribution in [2.45, 2.75) is 25.8 Å². The van der Waals surface area contributed by atoms with Gasteiger partial charge in [-0.2, -0.15) is 5.10 Å². The van der Waals surface area contributed by atoms with E-state index in [4.69, 9.17) is 23.2 Å². The molecule has 5 nitrogen and oxygen atoms in total. The second-order valence-electron chi connectivity index (χ2n) is 6.97. The molecule has 0 saturated heterocycles. The molecule has 3 rings (SSSR count). The van der Waals surface area contributed by atoms with Crippen molar-refractivity contribution in [3.63, 3.8) is 0 Å². The number of halogens is 2. The fourth-order valence-electron chi connectivity index (χ4n) is 2.82. The number of hydrogen-bond donors (Lipinski definition) is 1. The lowest BCUT2D eigenvalue weighted by Crippen LogP contribution is -2.38. The van der Waals surface area contributed by atoms with Gasteiger partial charge in [0.2, 0.25) is 11.3 Å². The maximum absolute atomic E-state index is 12.4. The molecular formula is C20H19Cl2N3O2. The largest absolute Gasteiger partial charge is 0.354 e. The maximum atomic E-state index is 12.4. The van der Waals surface area contributed by atoms with E-state index in [1.807, 2.05) is 32.0 Å². The van der Waals surface area contributed by atoms with Gasteiger partial charge in [0.15, 0.2) is 0 Å². The van der Waals surface area contributed by atoms with Crippen molar-refractivity contribution < 1.29 is 4.79 Å². The quantitative estimate of drug-likeness (QED) is 0.704. The number of para-hydroxylation sites is 1. The van der Waals surface area contributed by atoms with E-state index in [2.05, 4.69) is 10.4 Å². The third kappa shape index (κ3) is 4.31. The molecular weight excluding hydrogens is 385 g/mol. The highest BCUT2D eigenvalue weighted by atomic mass is 35.5. The van der Waals surface area contributed by atoms with E-state index in [-0.39, 0.29) is 23.3 Å². The molecule has 140 valence electrons. The molecule has 2 aromatic carbocycles. The van der Waals surface area contributed by atoms with E-state index in [9.17, 15) is 9.59 Å². The zero-order valence-electron chi connectivity index (χ0n) is 15.0. The fourth-order valence-corrected chi connectivity index (χ4v) is 3.12. The first-order chi connectivity index (χ1) is 12.8. The van der Waals surface area contributed by atoms with Gasteiger partial charge in [-0.05, 0) is 29.8 Å². The van der Waals surface area contributed by atoms with Crippen LogP contribution in [-0.4, -0.2) is 22.2 Å². The van der Waals surface area contributed by atoms with Gasteiger partial charge in [-0.25, -0.2) is 0 Å². The summed E-state index contributed by atoms with van der Waals surface area (Å²) in [7, 11) is 0. The topological polar surface area (TPSA) is 64.0 Å². The summed E-state index contributed by atoms with van der Waals surface area (Å²) < 4.78 is 1.53. The van der Waals surface area contributed by atoms with Gasteiger partial charge >= 0.3 is 0 Å². The number of benzene rings is 2. The van der Waals surface area contributed by atoms with E-state index in [0.29, 0.717) is 27.5 Å². The minimum Gasteiger partial charge on any atom is -0.354 e. The third-order valence-corrected chi connectivity index (χ3v) is 5.22. The van der Waals surface area contributed by atoms with E-state index in [1.165, 1.54) is 10.9 Å². The van der Waals surface area contributed by atoms with Crippen LogP contribution in [0, 0.1) is 0 Å². The average molecular weight is 404 g/mol. The molecule has 0 atom stereocenters. The van der Waals surface area contributed by atoms with Gasteiger partial charge in [-0.1, -0.05) is 55.2 Å². The summed E-state index contributed by atoms with van der Waals surface area (Å²) >= 11 is 12.1. The number of carbonyl (C=O) groups is 1. The van der Waals surface area contributed by atoms with Crippen molar-refractivity contribution in [2.24, 2.45) is 0 Å². The van der Waals surface area contributed by atoms with Crippen LogP contribution in [0.25, 0.3) is 10.9 Å². The zero-order chi connectivity index (χ0) is 19.6. The van der Waals surface area contributed by atoms with E-state index < -0.39 is 0 Å². The van der Waals surface area contributed by atoms with Gasteiger partial charge in [0.1, 0.15) is 6.54 Å². The molecule has 0 aliphatic rings. The highest BCUT2D eigenvalue weighted by Crippen LogP contribution is 2.29. The lowest BCUT2D eigenvalue weighted by molar-refractivity contribution is -0.122. The summed E-state index contributed by atoms with van der Waals surface area (Å²) in [6.07, 6.45) is 1.23. The van der Waals surface area contributed by atoms with Crippen molar-refractivity contribution in [3.8, 4) is 0 Å². The number of aromatic nitrogens is 2. The Labute approximate surface area is 166 Å². The summed E-state index contributed by atoms with van der Waals surface area (Å²) in [5.74, 6) is -0.190. The van der Waals surface area contributed by atoms with Crippen molar-refractivity contribution in [1.82, 2.24) is 15.1 Å². The molecule has 1 aromatic heterocycles. The Bertz CT molecular complexity index is 1060. The second-order valence-corrected chi connectivity index (χ2v) is 7.79. The van der Waals surface area contributed by atoms with Crippen LogP contribution in [0.5, 0.6) is 0 Å². The molecule has 1 N–H and O–H groups in total. The molecule has 0 saturated carbocycles. The first kappa shape index (κ1) is 19.4. The Balaban J connectivity index is 1.72. The SMILES string of the molecule is CC(C)(CNC(=O)Cn1ncc(=O)c2ccccc21)c1ccc(Cl)c(Cl)c1. The van der Waals surface area contributed by atoms with Crippen LogP contribution in [-0.2, 0) is 16.8 Å². The Morgan fingerprint density at radius 3 is 2.63 bits per heavy atom. The first-order valence-electron chi connectivity index (χ1n) is 8.45. The number of fused-ring (bicyclic) bond motifs is 1. The van der Waals surface area contributed by atoms with Crippen LogP contribution in [0.4, 0.5) is 0 Å². The summed E-state index contributed by atoms with van der Waals surface area (Å²) in [6, 6.07) is 12.6. The summed E-state index contributed by atoms with van der Waals surface area (Å²) in [6.45, 7) is 4.47. The molecule has 0 radical (unpaired) electrons. The normalized spacial score (nSPS) is 11.6. The molecule has 7 heteroatoms. The van der Waals surface area contributed by atoms with Gasteiger partial charge in [0.05, 0.1) is 21.8 Å². The number of nitrogens with zero attached hydrogens (tertiary/aromatic N) is 2. The summed E-state index contributed by atoms with van der Waals surface area (Å²) in [5, 5.41) is 8.53. The van der Waals surface area contributed by atoms with Crippen LogP contribution in [0.1, 0.15) is 19.4 Å². The van der Waals surface area contributed by atoms with Crippen LogP contribution >= 0.6 is 23.2 Å². The zero-order valence-corrected chi connectivity index (χ0v) is 16.5. The lowest BCUT2D eigenvalue weighted by Gasteiger charge is -2.26. The van der Waals surface area contributed by atoms with Gasteiger partial charge in [-0.15, -0.1) is 0 Å². The van der Waals surface area contributed by atoms with E-state index in [1.54, 1.807) is 24.3 Å². The van der Waals surface area contributed by atoms with Crippen molar-refractivity contribution >= 4 is 40.0 Å². The lowest BCUT2D eigenvalue weighted by atomic mass is 9.84. The standard InChI is InChI=1S/C20H19Cl2N3O2/c1-20(2,13-7-8-15(21)16(22)9-13)12-23-19(27)11-25-17-6-4-3-5-14(17)18(26)10-24-25/h3-10H,11-12H2,1-2H3,(H,23,27). The molecule has 0 bridgehead atoms. The predicted octanol–water partition coefficient (Wildman–Crippen LogP) is 3.80. The van der Waals surface area contributed by atoms with Crippen molar-refractivity contribution in [1.29, 1.82) is 0 Å². The van der Waals surface area contributed by atoms with E-state index >= 15 is 0 Å². The van der Waals surface area contributed by atoms with Crippen LogP contribution in [0.15, 0.2) is 53.5 Å². The minimum atomic E-state index is -0.330. The highest BCUT2D eigenvalue weighted by molar-refractivity contribution is 6.42. The van der Waals surface area contributed by atoms with Gasteiger partial charge in [0.25, 0.3) is 0 Å². The monoisotopic (exact) mass is 403 g/mol. The maximum Gasteiger partial charge on any atom is 0.241 e. The third-order valence-electron chi connectivity index (χ3n) is 4.48. The van der Waals surface area contributed by atoms with Gasteiger partial charge in [0, 0.05) is 17.3 Å². The summed E-state index contributed by atoms with van der Waals surface area (Å²) in [4.78, 5) is 24.3. The molecule has 0 aliphatic heterocycles. The number of hydrogen-bond acceptors (Lipinski definition) is 3. The smallest absolute Gasteiger partial charge is 0.241 e. The fraction of sp³-hybridized carbons (Fsp3) is 0.250. The van der Waals surface area contributed by atoms with Crippen LogP contribution in [0.2, 0.25) is 10.0 Å². The molecule has 0 spiro atoms. The molecule has 1 amide bonds. The van der Waals surface area contributed by atoms with Gasteiger partial charge < -0.3 is 5.32 Å². The molecule has 0 fully saturated rings. The summed E-state index contributed by atoms with van der Waals surface area (Å²) in [5.41, 5.74) is 1.11. The first-order valence-corrected chi connectivity index (χ1v) is 9.20. The van der Waals surface area contributed by atoms with Crippen LogP contribution in [0.3, 0.4) is 0 Å². The molecule has 0 unspecified atom stereocenters.